The molecule has 2 aromatic rings. The maximum Gasteiger partial charge on any atom is 0.173 e. The van der Waals surface area contributed by atoms with Crippen LogP contribution in [0.15, 0.2) is 36.5 Å². The van der Waals surface area contributed by atoms with Gasteiger partial charge in [0.2, 0.25) is 0 Å². The van der Waals surface area contributed by atoms with Gasteiger partial charge in [0.1, 0.15) is 11.9 Å². The van der Waals surface area contributed by atoms with E-state index < -0.39 is 0 Å². The number of nitriles is 1. The zero-order valence-corrected chi connectivity index (χ0v) is 9.84. The van der Waals surface area contributed by atoms with E-state index >= 15 is 0 Å². The smallest absolute Gasteiger partial charge is 0.173 e. The number of halogens is 1. The molecule has 90 valence electrons. The van der Waals surface area contributed by atoms with Crippen LogP contribution in [-0.4, -0.2) is 16.7 Å². The van der Waals surface area contributed by atoms with Gasteiger partial charge in [-0.25, -0.2) is 4.39 Å². The van der Waals surface area contributed by atoms with Crippen LogP contribution >= 0.6 is 0 Å². The van der Waals surface area contributed by atoms with Crippen LogP contribution in [0.2, 0.25) is 0 Å². The van der Waals surface area contributed by atoms with Crippen LogP contribution in [0.4, 0.5) is 15.9 Å². The summed E-state index contributed by atoms with van der Waals surface area (Å²) in [4.78, 5) is 1.74. The molecule has 0 aliphatic rings. The number of hydrogen-bond acceptors (Lipinski definition) is 4. The van der Waals surface area contributed by atoms with Crippen LogP contribution < -0.4 is 4.90 Å². The lowest BCUT2D eigenvalue weighted by Gasteiger charge is -2.22. The third-order valence-corrected chi connectivity index (χ3v) is 2.51. The first-order valence-corrected chi connectivity index (χ1v) is 5.51. The van der Waals surface area contributed by atoms with Gasteiger partial charge in [0.25, 0.3) is 0 Å². The molecular formula is C13H11FN4. The zero-order valence-electron chi connectivity index (χ0n) is 9.84. The topological polar surface area (TPSA) is 52.8 Å². The van der Waals surface area contributed by atoms with Gasteiger partial charge in [0.05, 0.1) is 11.8 Å². The van der Waals surface area contributed by atoms with Crippen LogP contribution in [0.25, 0.3) is 0 Å². The van der Waals surface area contributed by atoms with Crippen LogP contribution in [0, 0.1) is 17.1 Å². The van der Waals surface area contributed by atoms with Gasteiger partial charge >= 0.3 is 0 Å². The highest BCUT2D eigenvalue weighted by Gasteiger charge is 2.14. The Bertz CT molecular complexity index is 592. The Kier molecular flexibility index (Phi) is 3.49. The van der Waals surface area contributed by atoms with E-state index in [2.05, 4.69) is 16.3 Å². The first kappa shape index (κ1) is 12.0. The number of anilines is 2. The van der Waals surface area contributed by atoms with Crippen molar-refractivity contribution in [3.63, 3.8) is 0 Å². The lowest BCUT2D eigenvalue weighted by molar-refractivity contribution is 0.627. The minimum Gasteiger partial charge on any atom is -0.324 e. The second-order valence-corrected chi connectivity index (χ2v) is 3.60. The van der Waals surface area contributed by atoms with Gasteiger partial charge in [-0.05, 0) is 31.2 Å². The van der Waals surface area contributed by atoms with Gasteiger partial charge in [0.15, 0.2) is 5.82 Å². The molecule has 0 radical (unpaired) electrons. The molecule has 18 heavy (non-hydrogen) atoms. The molecule has 0 saturated carbocycles. The molecule has 4 nitrogen and oxygen atoms in total. The summed E-state index contributed by atoms with van der Waals surface area (Å²) in [6.07, 6.45) is 1.46. The first-order chi connectivity index (χ1) is 8.76. The summed E-state index contributed by atoms with van der Waals surface area (Å²) in [5, 5.41) is 16.8. The van der Waals surface area contributed by atoms with Crippen molar-refractivity contribution >= 4 is 11.5 Å². The Morgan fingerprint density at radius 3 is 2.89 bits per heavy atom. The Hall–Kier alpha value is -2.48. The molecule has 0 unspecified atom stereocenters. The fourth-order valence-electron chi connectivity index (χ4n) is 1.71. The first-order valence-electron chi connectivity index (χ1n) is 5.51. The Morgan fingerprint density at radius 1 is 1.39 bits per heavy atom. The van der Waals surface area contributed by atoms with Crippen molar-refractivity contribution in [1.29, 1.82) is 5.26 Å². The van der Waals surface area contributed by atoms with Crippen LogP contribution in [-0.2, 0) is 0 Å². The van der Waals surface area contributed by atoms with Crippen LogP contribution in [0.1, 0.15) is 12.5 Å². The third-order valence-electron chi connectivity index (χ3n) is 2.51. The van der Waals surface area contributed by atoms with Gasteiger partial charge in [-0.3, -0.25) is 0 Å². The fraction of sp³-hybridized carbons (Fsp3) is 0.154. The Morgan fingerprint density at radius 2 is 2.22 bits per heavy atom. The van der Waals surface area contributed by atoms with E-state index in [1.807, 2.05) is 6.92 Å². The van der Waals surface area contributed by atoms with Crippen molar-refractivity contribution in [2.24, 2.45) is 0 Å². The van der Waals surface area contributed by atoms with E-state index in [4.69, 9.17) is 5.26 Å². The number of hydrogen-bond donors (Lipinski definition) is 0. The van der Waals surface area contributed by atoms with Crippen molar-refractivity contribution in [3.8, 4) is 6.07 Å². The number of benzene rings is 1. The molecule has 0 N–H and O–H groups in total. The molecule has 1 aromatic carbocycles. The maximum atomic E-state index is 13.2. The fourth-order valence-corrected chi connectivity index (χ4v) is 1.71. The summed E-state index contributed by atoms with van der Waals surface area (Å²) < 4.78 is 13.2. The summed E-state index contributed by atoms with van der Waals surface area (Å²) >= 11 is 0. The van der Waals surface area contributed by atoms with Crippen molar-refractivity contribution in [2.75, 3.05) is 11.4 Å². The van der Waals surface area contributed by atoms with Gasteiger partial charge in [-0.2, -0.15) is 10.4 Å². The average molecular weight is 242 g/mol. The lowest BCUT2D eigenvalue weighted by Crippen LogP contribution is -2.19. The van der Waals surface area contributed by atoms with Gasteiger partial charge in [0, 0.05) is 12.2 Å². The molecule has 0 atom stereocenters. The molecule has 0 amide bonds. The highest BCUT2D eigenvalue weighted by Crippen LogP contribution is 2.25. The highest BCUT2D eigenvalue weighted by atomic mass is 19.1. The standard InChI is InChI=1S/C13H11FN4/c1-2-18(12-5-3-4-11(14)8-12)13-10(9-15)6-7-16-17-13/h3-8H,2H2,1H3. The van der Waals surface area contributed by atoms with E-state index in [1.54, 1.807) is 23.1 Å². The number of aromatic nitrogens is 2. The highest BCUT2D eigenvalue weighted by molar-refractivity contribution is 5.64. The molecule has 0 aliphatic carbocycles. The quantitative estimate of drug-likeness (QED) is 0.830. The molecular weight excluding hydrogens is 231 g/mol. The molecule has 1 heterocycles. The summed E-state index contributed by atoms with van der Waals surface area (Å²) in [6.45, 7) is 2.47. The van der Waals surface area contributed by atoms with Crippen molar-refractivity contribution in [1.82, 2.24) is 10.2 Å². The molecule has 5 heteroatoms. The van der Waals surface area contributed by atoms with E-state index in [9.17, 15) is 4.39 Å². The molecule has 0 aliphatic heterocycles. The summed E-state index contributed by atoms with van der Waals surface area (Å²) in [7, 11) is 0. The van der Waals surface area contributed by atoms with Crippen molar-refractivity contribution < 1.29 is 4.39 Å². The SMILES string of the molecule is CCN(c1cccc(F)c1)c1nnccc1C#N. The Labute approximate surface area is 104 Å². The number of rotatable bonds is 3. The van der Waals surface area contributed by atoms with Crippen molar-refractivity contribution in [2.45, 2.75) is 6.92 Å². The normalized spacial score (nSPS) is 9.83. The predicted molar refractivity (Wildman–Crippen MR) is 65.8 cm³/mol. The summed E-state index contributed by atoms with van der Waals surface area (Å²) in [5.74, 6) is 0.112. The van der Waals surface area contributed by atoms with Crippen LogP contribution in [0.5, 0.6) is 0 Å². The van der Waals surface area contributed by atoms with Gasteiger partial charge in [-0.15, -0.1) is 5.10 Å². The number of nitrogens with zero attached hydrogens (tertiary/aromatic N) is 4. The molecule has 0 spiro atoms. The lowest BCUT2D eigenvalue weighted by atomic mass is 10.2. The summed E-state index contributed by atoms with van der Waals surface area (Å²) in [5.41, 5.74) is 1.06. The predicted octanol–water partition coefficient (Wildman–Crippen LogP) is 2.65. The van der Waals surface area contributed by atoms with Gasteiger partial charge in [-0.1, -0.05) is 6.07 Å². The maximum absolute atomic E-state index is 13.2. The van der Waals surface area contributed by atoms with Crippen molar-refractivity contribution in [3.05, 3.63) is 47.9 Å². The van der Waals surface area contributed by atoms with E-state index in [0.717, 1.165) is 0 Å². The second-order valence-electron chi connectivity index (χ2n) is 3.60. The van der Waals surface area contributed by atoms with E-state index in [0.29, 0.717) is 23.6 Å². The monoisotopic (exact) mass is 242 g/mol. The van der Waals surface area contributed by atoms with E-state index in [-0.39, 0.29) is 5.82 Å². The zero-order chi connectivity index (χ0) is 13.0. The second kappa shape index (κ2) is 5.23. The summed E-state index contributed by atoms with van der Waals surface area (Å²) in [6, 6.07) is 9.81. The molecule has 0 saturated heterocycles. The molecule has 2 rings (SSSR count). The minimum atomic E-state index is -0.326. The minimum absolute atomic E-state index is 0.326. The third kappa shape index (κ3) is 2.28. The molecule has 0 fully saturated rings. The van der Waals surface area contributed by atoms with Gasteiger partial charge < -0.3 is 4.90 Å². The largest absolute Gasteiger partial charge is 0.324 e. The average Bonchev–Trinajstić information content (AvgIpc) is 2.40. The molecule has 0 bridgehead atoms. The van der Waals surface area contributed by atoms with E-state index in [1.165, 1.54) is 18.3 Å². The molecule has 1 aromatic heterocycles. The van der Waals surface area contributed by atoms with Crippen LogP contribution in [0.3, 0.4) is 0 Å². The Balaban J connectivity index is 2.49.